The van der Waals surface area contributed by atoms with E-state index < -0.39 is 0 Å². The molecule has 5 heteroatoms. The van der Waals surface area contributed by atoms with Crippen molar-refractivity contribution in [2.24, 2.45) is 0 Å². The van der Waals surface area contributed by atoms with Gasteiger partial charge in [0.2, 0.25) is 0 Å². The minimum atomic E-state index is -0.224. The van der Waals surface area contributed by atoms with Crippen LogP contribution in [0.1, 0.15) is 18.5 Å². The minimum absolute atomic E-state index is 0.0543. The quantitative estimate of drug-likeness (QED) is 0.783. The van der Waals surface area contributed by atoms with Gasteiger partial charge in [-0.25, -0.2) is 14.4 Å². The third-order valence-electron chi connectivity index (χ3n) is 2.98. The highest BCUT2D eigenvalue weighted by Crippen LogP contribution is 2.26. The summed E-state index contributed by atoms with van der Waals surface area (Å²) < 4.78 is 12.9. The molecule has 0 aliphatic rings. The molecule has 19 heavy (non-hydrogen) atoms. The first-order chi connectivity index (χ1) is 9.24. The second-order valence-electron chi connectivity index (χ2n) is 4.28. The molecular weight excluding hydrogens is 261 g/mol. The fourth-order valence-corrected chi connectivity index (χ4v) is 2.68. The second kappa shape index (κ2) is 4.93. The van der Waals surface area contributed by atoms with Gasteiger partial charge < -0.3 is 5.32 Å². The van der Waals surface area contributed by atoms with Crippen molar-refractivity contribution in [3.8, 4) is 0 Å². The van der Waals surface area contributed by atoms with E-state index in [0.717, 1.165) is 21.6 Å². The third kappa shape index (κ3) is 2.42. The Morgan fingerprint density at radius 2 is 1.95 bits per heavy atom. The normalized spacial score (nSPS) is 12.5. The second-order valence-corrected chi connectivity index (χ2v) is 5.17. The van der Waals surface area contributed by atoms with Gasteiger partial charge in [0, 0.05) is 6.04 Å². The van der Waals surface area contributed by atoms with Crippen LogP contribution in [0.4, 0.5) is 10.2 Å². The molecule has 1 atom stereocenters. The minimum Gasteiger partial charge on any atom is -0.363 e. The number of halogens is 1. The predicted octanol–water partition coefficient (Wildman–Crippen LogP) is 4.00. The van der Waals surface area contributed by atoms with Gasteiger partial charge in [0.1, 0.15) is 22.8 Å². The lowest BCUT2D eigenvalue weighted by Gasteiger charge is -2.15. The van der Waals surface area contributed by atoms with Gasteiger partial charge in [-0.3, -0.25) is 0 Å². The van der Waals surface area contributed by atoms with Crippen molar-refractivity contribution in [3.63, 3.8) is 0 Å². The zero-order valence-electron chi connectivity index (χ0n) is 10.3. The fraction of sp³-hybridized carbons (Fsp3) is 0.143. The summed E-state index contributed by atoms with van der Waals surface area (Å²) >= 11 is 1.59. The van der Waals surface area contributed by atoms with E-state index in [0.29, 0.717) is 0 Å². The van der Waals surface area contributed by atoms with Crippen molar-refractivity contribution in [2.45, 2.75) is 13.0 Å². The first-order valence-corrected chi connectivity index (χ1v) is 6.82. The van der Waals surface area contributed by atoms with Gasteiger partial charge in [0.05, 0.1) is 5.39 Å². The molecule has 1 N–H and O–H groups in total. The number of rotatable bonds is 3. The largest absolute Gasteiger partial charge is 0.363 e. The topological polar surface area (TPSA) is 37.8 Å². The number of hydrogen-bond acceptors (Lipinski definition) is 4. The standard InChI is InChI=1S/C14H12FN3S/c1-9(10-2-4-11(15)5-3-10)18-13-12-6-7-19-14(12)17-8-16-13/h2-9H,1H3,(H,16,17,18)/t9-/m1/s1. The molecule has 3 aromatic rings. The fourth-order valence-electron chi connectivity index (χ4n) is 1.94. The van der Waals surface area contributed by atoms with Crippen molar-refractivity contribution in [3.05, 3.63) is 53.4 Å². The van der Waals surface area contributed by atoms with Crippen LogP contribution in [0.25, 0.3) is 10.2 Å². The number of nitrogens with one attached hydrogen (secondary N) is 1. The Hall–Kier alpha value is -2.01. The summed E-state index contributed by atoms with van der Waals surface area (Å²) in [4.78, 5) is 9.45. The monoisotopic (exact) mass is 273 g/mol. The lowest BCUT2D eigenvalue weighted by molar-refractivity contribution is 0.626. The summed E-state index contributed by atoms with van der Waals surface area (Å²) in [5, 5.41) is 6.35. The smallest absolute Gasteiger partial charge is 0.138 e. The molecule has 3 nitrogen and oxygen atoms in total. The summed E-state index contributed by atoms with van der Waals surface area (Å²) in [7, 11) is 0. The van der Waals surface area contributed by atoms with E-state index in [1.54, 1.807) is 29.8 Å². The molecule has 96 valence electrons. The molecule has 0 amide bonds. The maximum Gasteiger partial charge on any atom is 0.138 e. The van der Waals surface area contributed by atoms with Crippen LogP contribution < -0.4 is 5.32 Å². The molecule has 2 aromatic heterocycles. The van der Waals surface area contributed by atoms with Crippen LogP contribution in [0, 0.1) is 5.82 Å². The first-order valence-electron chi connectivity index (χ1n) is 5.94. The van der Waals surface area contributed by atoms with E-state index in [4.69, 9.17) is 0 Å². The number of hydrogen-bond donors (Lipinski definition) is 1. The van der Waals surface area contributed by atoms with Gasteiger partial charge in [-0.2, -0.15) is 0 Å². The Bertz CT molecular complexity index is 693. The van der Waals surface area contributed by atoms with E-state index in [2.05, 4.69) is 15.3 Å². The lowest BCUT2D eigenvalue weighted by atomic mass is 10.1. The van der Waals surface area contributed by atoms with Crippen LogP contribution >= 0.6 is 11.3 Å². The highest BCUT2D eigenvalue weighted by Gasteiger charge is 2.09. The van der Waals surface area contributed by atoms with Crippen LogP contribution in [-0.2, 0) is 0 Å². The summed E-state index contributed by atoms with van der Waals surface area (Å²) in [6, 6.07) is 8.54. The number of benzene rings is 1. The third-order valence-corrected chi connectivity index (χ3v) is 3.81. The molecular formula is C14H12FN3S. The zero-order chi connectivity index (χ0) is 13.2. The van der Waals surface area contributed by atoms with E-state index >= 15 is 0 Å². The Morgan fingerprint density at radius 3 is 2.74 bits per heavy atom. The van der Waals surface area contributed by atoms with Crippen molar-refractivity contribution in [2.75, 3.05) is 5.32 Å². The van der Waals surface area contributed by atoms with Crippen LogP contribution in [0.5, 0.6) is 0 Å². The summed E-state index contributed by atoms with van der Waals surface area (Å²) in [5.74, 6) is 0.585. The van der Waals surface area contributed by atoms with Gasteiger partial charge in [-0.15, -0.1) is 11.3 Å². The summed E-state index contributed by atoms with van der Waals surface area (Å²) in [5.41, 5.74) is 1.02. The number of nitrogens with zero attached hydrogens (tertiary/aromatic N) is 2. The maximum atomic E-state index is 12.9. The first kappa shape index (κ1) is 12.0. The predicted molar refractivity (Wildman–Crippen MR) is 75.9 cm³/mol. The molecule has 1 aromatic carbocycles. The average molecular weight is 273 g/mol. The molecule has 0 unspecified atom stereocenters. The van der Waals surface area contributed by atoms with Gasteiger partial charge in [-0.1, -0.05) is 12.1 Å². The molecule has 0 saturated heterocycles. The zero-order valence-corrected chi connectivity index (χ0v) is 11.1. The average Bonchev–Trinajstić information content (AvgIpc) is 2.89. The number of thiophene rings is 1. The maximum absolute atomic E-state index is 12.9. The lowest BCUT2D eigenvalue weighted by Crippen LogP contribution is -2.08. The molecule has 0 aliphatic heterocycles. The number of anilines is 1. The van der Waals surface area contributed by atoms with E-state index in [9.17, 15) is 4.39 Å². The Labute approximate surface area is 114 Å². The van der Waals surface area contributed by atoms with Gasteiger partial charge in [-0.05, 0) is 36.1 Å². The van der Waals surface area contributed by atoms with Gasteiger partial charge in [0.25, 0.3) is 0 Å². The van der Waals surface area contributed by atoms with Crippen LogP contribution in [-0.4, -0.2) is 9.97 Å². The van der Waals surface area contributed by atoms with E-state index in [1.807, 2.05) is 18.4 Å². The molecule has 0 fully saturated rings. The van der Waals surface area contributed by atoms with E-state index in [-0.39, 0.29) is 11.9 Å². The Morgan fingerprint density at radius 1 is 1.16 bits per heavy atom. The van der Waals surface area contributed by atoms with Crippen molar-refractivity contribution in [1.82, 2.24) is 9.97 Å². The van der Waals surface area contributed by atoms with Crippen LogP contribution in [0.3, 0.4) is 0 Å². The molecule has 0 radical (unpaired) electrons. The SMILES string of the molecule is C[C@@H](Nc1ncnc2sccc12)c1ccc(F)cc1. The van der Waals surface area contributed by atoms with E-state index in [1.165, 1.54) is 12.1 Å². The molecule has 0 bridgehead atoms. The van der Waals surface area contributed by atoms with Crippen molar-refractivity contribution in [1.29, 1.82) is 0 Å². The van der Waals surface area contributed by atoms with Crippen LogP contribution in [0.15, 0.2) is 42.0 Å². The molecule has 0 saturated carbocycles. The van der Waals surface area contributed by atoms with Gasteiger partial charge in [0.15, 0.2) is 0 Å². The highest BCUT2D eigenvalue weighted by atomic mass is 32.1. The highest BCUT2D eigenvalue weighted by molar-refractivity contribution is 7.16. The van der Waals surface area contributed by atoms with Crippen molar-refractivity contribution >= 4 is 27.4 Å². The van der Waals surface area contributed by atoms with Gasteiger partial charge >= 0.3 is 0 Å². The van der Waals surface area contributed by atoms with Crippen LogP contribution in [0.2, 0.25) is 0 Å². The molecule has 0 spiro atoms. The molecule has 0 aliphatic carbocycles. The number of aromatic nitrogens is 2. The Kier molecular flexibility index (Phi) is 3.13. The molecule has 2 heterocycles. The summed E-state index contributed by atoms with van der Waals surface area (Å²) in [6.45, 7) is 2.02. The Balaban J connectivity index is 1.88. The molecule has 3 rings (SSSR count). The number of fused-ring (bicyclic) bond motifs is 1. The van der Waals surface area contributed by atoms with Crippen molar-refractivity contribution < 1.29 is 4.39 Å². The summed E-state index contributed by atoms with van der Waals surface area (Å²) in [6.07, 6.45) is 1.55.